The Bertz CT molecular complexity index is 594. The van der Waals surface area contributed by atoms with Gasteiger partial charge in [-0.15, -0.1) is 0 Å². The van der Waals surface area contributed by atoms with Gasteiger partial charge in [0.25, 0.3) is 0 Å². The zero-order valence-corrected chi connectivity index (χ0v) is 11.2. The van der Waals surface area contributed by atoms with E-state index in [0.29, 0.717) is 6.54 Å². The van der Waals surface area contributed by atoms with Crippen LogP contribution in [0.15, 0.2) is 54.9 Å². The number of nitrogens with one attached hydrogen (secondary N) is 1. The van der Waals surface area contributed by atoms with Crippen LogP contribution in [-0.2, 0) is 11.3 Å². The average molecular weight is 268 g/mol. The normalized spacial score (nSPS) is 10.4. The molecule has 1 aromatic carbocycles. The number of amides is 1. The molecule has 0 saturated heterocycles. The van der Waals surface area contributed by atoms with Gasteiger partial charge in [-0.3, -0.25) is 9.78 Å². The lowest BCUT2D eigenvalue weighted by molar-refractivity contribution is -0.116. The molecule has 1 N–H and O–H groups in total. The molecule has 0 unspecified atom stereocenters. The SMILES string of the molecule is COc1ccccc1/C=C/C(=O)NCc1cccnc1. The van der Waals surface area contributed by atoms with Crippen LogP contribution in [-0.4, -0.2) is 18.0 Å². The molecule has 0 aliphatic rings. The highest BCUT2D eigenvalue weighted by molar-refractivity contribution is 5.92. The second-order valence-electron chi connectivity index (χ2n) is 4.15. The van der Waals surface area contributed by atoms with Crippen LogP contribution >= 0.6 is 0 Å². The quantitative estimate of drug-likeness (QED) is 0.847. The fourth-order valence-corrected chi connectivity index (χ4v) is 1.72. The van der Waals surface area contributed by atoms with Crippen LogP contribution in [0.25, 0.3) is 6.08 Å². The predicted molar refractivity (Wildman–Crippen MR) is 78.1 cm³/mol. The van der Waals surface area contributed by atoms with E-state index in [1.807, 2.05) is 36.4 Å². The molecule has 1 aromatic heterocycles. The maximum atomic E-state index is 11.7. The summed E-state index contributed by atoms with van der Waals surface area (Å²) in [5, 5.41) is 2.80. The number of benzene rings is 1. The van der Waals surface area contributed by atoms with Crippen molar-refractivity contribution < 1.29 is 9.53 Å². The van der Waals surface area contributed by atoms with Gasteiger partial charge in [0.2, 0.25) is 5.91 Å². The molecule has 0 atom stereocenters. The Morgan fingerprint density at radius 2 is 2.15 bits per heavy atom. The maximum Gasteiger partial charge on any atom is 0.244 e. The van der Waals surface area contributed by atoms with E-state index in [1.54, 1.807) is 25.6 Å². The summed E-state index contributed by atoms with van der Waals surface area (Å²) in [6.45, 7) is 0.461. The summed E-state index contributed by atoms with van der Waals surface area (Å²) in [4.78, 5) is 15.7. The number of para-hydroxylation sites is 1. The molecular weight excluding hydrogens is 252 g/mol. The number of hydrogen-bond donors (Lipinski definition) is 1. The van der Waals surface area contributed by atoms with Crippen molar-refractivity contribution in [2.75, 3.05) is 7.11 Å². The van der Waals surface area contributed by atoms with Gasteiger partial charge in [-0.05, 0) is 23.8 Å². The molecule has 20 heavy (non-hydrogen) atoms. The highest BCUT2D eigenvalue weighted by Gasteiger charge is 1.99. The minimum atomic E-state index is -0.153. The van der Waals surface area contributed by atoms with E-state index in [4.69, 9.17) is 4.74 Å². The predicted octanol–water partition coefficient (Wildman–Crippen LogP) is 2.42. The number of methoxy groups -OCH3 is 1. The Hall–Kier alpha value is -2.62. The molecule has 102 valence electrons. The number of nitrogens with zero attached hydrogens (tertiary/aromatic N) is 1. The van der Waals surface area contributed by atoms with Crippen LogP contribution in [0.1, 0.15) is 11.1 Å². The molecule has 4 heteroatoms. The van der Waals surface area contributed by atoms with Crippen LogP contribution < -0.4 is 10.1 Å². The minimum Gasteiger partial charge on any atom is -0.496 e. The van der Waals surface area contributed by atoms with Crippen molar-refractivity contribution in [2.45, 2.75) is 6.54 Å². The van der Waals surface area contributed by atoms with Crippen molar-refractivity contribution in [1.29, 1.82) is 0 Å². The second kappa shape index (κ2) is 7.09. The first-order chi connectivity index (χ1) is 9.79. The van der Waals surface area contributed by atoms with Gasteiger partial charge < -0.3 is 10.1 Å². The smallest absolute Gasteiger partial charge is 0.244 e. The summed E-state index contributed by atoms with van der Waals surface area (Å²) in [6, 6.07) is 11.3. The first-order valence-electron chi connectivity index (χ1n) is 6.27. The molecule has 2 aromatic rings. The van der Waals surface area contributed by atoms with E-state index in [1.165, 1.54) is 6.08 Å². The molecule has 0 aliphatic carbocycles. The van der Waals surface area contributed by atoms with Crippen molar-refractivity contribution >= 4 is 12.0 Å². The Morgan fingerprint density at radius 1 is 1.30 bits per heavy atom. The van der Waals surface area contributed by atoms with E-state index in [0.717, 1.165) is 16.9 Å². The topological polar surface area (TPSA) is 51.2 Å². The lowest BCUT2D eigenvalue weighted by Gasteiger charge is -2.04. The largest absolute Gasteiger partial charge is 0.496 e. The van der Waals surface area contributed by atoms with Gasteiger partial charge in [0.1, 0.15) is 5.75 Å². The summed E-state index contributed by atoms with van der Waals surface area (Å²) in [5.74, 6) is 0.587. The Balaban J connectivity index is 1.92. The summed E-state index contributed by atoms with van der Waals surface area (Å²) in [7, 11) is 1.61. The van der Waals surface area contributed by atoms with Crippen LogP contribution in [0.5, 0.6) is 5.75 Å². The summed E-state index contributed by atoms with van der Waals surface area (Å²) in [6.07, 6.45) is 6.66. The van der Waals surface area contributed by atoms with Gasteiger partial charge in [0.15, 0.2) is 0 Å². The third-order valence-corrected chi connectivity index (χ3v) is 2.74. The van der Waals surface area contributed by atoms with Crippen LogP contribution in [0, 0.1) is 0 Å². The van der Waals surface area contributed by atoms with Gasteiger partial charge in [-0.1, -0.05) is 24.3 Å². The highest BCUT2D eigenvalue weighted by atomic mass is 16.5. The molecular formula is C16H16N2O2. The highest BCUT2D eigenvalue weighted by Crippen LogP contribution is 2.18. The van der Waals surface area contributed by atoms with E-state index >= 15 is 0 Å². The molecule has 1 amide bonds. The van der Waals surface area contributed by atoms with Crippen molar-refractivity contribution in [3.05, 3.63) is 66.0 Å². The van der Waals surface area contributed by atoms with E-state index in [2.05, 4.69) is 10.3 Å². The molecule has 0 bridgehead atoms. The van der Waals surface area contributed by atoms with Gasteiger partial charge in [-0.25, -0.2) is 0 Å². The van der Waals surface area contributed by atoms with Crippen molar-refractivity contribution in [3.63, 3.8) is 0 Å². The number of aromatic nitrogens is 1. The van der Waals surface area contributed by atoms with Crippen LogP contribution in [0.3, 0.4) is 0 Å². The average Bonchev–Trinajstić information content (AvgIpc) is 2.52. The zero-order chi connectivity index (χ0) is 14.2. The van der Waals surface area contributed by atoms with Crippen LogP contribution in [0.2, 0.25) is 0 Å². The Kier molecular flexibility index (Phi) is 4.89. The molecule has 2 rings (SSSR count). The van der Waals surface area contributed by atoms with Gasteiger partial charge in [-0.2, -0.15) is 0 Å². The van der Waals surface area contributed by atoms with E-state index in [9.17, 15) is 4.79 Å². The fourth-order valence-electron chi connectivity index (χ4n) is 1.72. The lowest BCUT2D eigenvalue weighted by Crippen LogP contribution is -2.20. The molecule has 0 radical (unpaired) electrons. The Morgan fingerprint density at radius 3 is 2.90 bits per heavy atom. The number of ether oxygens (including phenoxy) is 1. The first kappa shape index (κ1) is 13.8. The monoisotopic (exact) mass is 268 g/mol. The van der Waals surface area contributed by atoms with Crippen LogP contribution in [0.4, 0.5) is 0 Å². The van der Waals surface area contributed by atoms with E-state index < -0.39 is 0 Å². The van der Waals surface area contributed by atoms with Gasteiger partial charge in [0, 0.05) is 30.6 Å². The minimum absolute atomic E-state index is 0.153. The third kappa shape index (κ3) is 3.95. The fraction of sp³-hybridized carbons (Fsp3) is 0.125. The van der Waals surface area contributed by atoms with E-state index in [-0.39, 0.29) is 5.91 Å². The standard InChI is InChI=1S/C16H16N2O2/c1-20-15-7-3-2-6-14(15)8-9-16(19)18-12-13-5-4-10-17-11-13/h2-11H,12H2,1H3,(H,18,19)/b9-8+. The van der Waals surface area contributed by atoms with Crippen molar-refractivity contribution in [1.82, 2.24) is 10.3 Å². The van der Waals surface area contributed by atoms with Crippen molar-refractivity contribution in [3.8, 4) is 5.75 Å². The first-order valence-corrected chi connectivity index (χ1v) is 6.27. The van der Waals surface area contributed by atoms with Crippen molar-refractivity contribution in [2.24, 2.45) is 0 Å². The third-order valence-electron chi connectivity index (χ3n) is 2.74. The second-order valence-corrected chi connectivity index (χ2v) is 4.15. The number of rotatable bonds is 5. The maximum absolute atomic E-state index is 11.7. The number of carbonyl (C=O) groups is 1. The molecule has 0 spiro atoms. The molecule has 0 saturated carbocycles. The zero-order valence-electron chi connectivity index (χ0n) is 11.2. The lowest BCUT2D eigenvalue weighted by atomic mass is 10.2. The molecule has 4 nitrogen and oxygen atoms in total. The molecule has 1 heterocycles. The Labute approximate surface area is 118 Å². The summed E-state index contributed by atoms with van der Waals surface area (Å²) < 4.78 is 5.22. The van der Waals surface area contributed by atoms with Gasteiger partial charge >= 0.3 is 0 Å². The molecule has 0 aliphatic heterocycles. The number of carbonyl (C=O) groups excluding carboxylic acids is 1. The summed E-state index contributed by atoms with van der Waals surface area (Å²) in [5.41, 5.74) is 1.83. The summed E-state index contributed by atoms with van der Waals surface area (Å²) >= 11 is 0. The number of hydrogen-bond acceptors (Lipinski definition) is 3. The molecule has 0 fully saturated rings. The van der Waals surface area contributed by atoms with Gasteiger partial charge in [0.05, 0.1) is 7.11 Å². The number of pyridine rings is 1.